The van der Waals surface area contributed by atoms with Gasteiger partial charge >= 0.3 is 6.09 Å². The maximum atomic E-state index is 13.9. The summed E-state index contributed by atoms with van der Waals surface area (Å²) in [5, 5.41) is 2.67. The Morgan fingerprint density at radius 3 is 2.31 bits per heavy atom. The van der Waals surface area contributed by atoms with Crippen LogP contribution in [0.1, 0.15) is 68.8 Å². The number of amides is 5. The quantitative estimate of drug-likeness (QED) is 0.280. The van der Waals surface area contributed by atoms with Crippen LogP contribution < -0.4 is 15.0 Å². The van der Waals surface area contributed by atoms with Crippen molar-refractivity contribution in [2.75, 3.05) is 25.6 Å². The number of likely N-dealkylation sites (N-methyl/N-ethyl adjacent to an activating group) is 1. The molecule has 0 aliphatic carbocycles. The fourth-order valence-corrected chi connectivity index (χ4v) is 6.34. The van der Waals surface area contributed by atoms with Crippen molar-refractivity contribution in [2.24, 2.45) is 10.9 Å². The summed E-state index contributed by atoms with van der Waals surface area (Å²) in [5.74, 6) is -1.88. The summed E-state index contributed by atoms with van der Waals surface area (Å²) in [6, 6.07) is 19.2. The fourth-order valence-electron chi connectivity index (χ4n) is 6.34. The third-order valence-corrected chi connectivity index (χ3v) is 9.07. The van der Waals surface area contributed by atoms with Gasteiger partial charge in [-0.2, -0.15) is 0 Å². The van der Waals surface area contributed by atoms with E-state index in [0.29, 0.717) is 29.2 Å². The lowest BCUT2D eigenvalue weighted by atomic mass is 9.80. The summed E-state index contributed by atoms with van der Waals surface area (Å²) in [7, 11) is 3.07. The molecule has 0 bridgehead atoms. The molecule has 5 rings (SSSR count). The Morgan fingerprint density at radius 2 is 1.71 bits per heavy atom. The molecule has 1 aromatic heterocycles. The number of carbonyl (C=O) groups excluding carboxylic acids is 5. The molecule has 2 aliphatic rings. The average Bonchev–Trinajstić information content (AvgIpc) is 3.42. The van der Waals surface area contributed by atoms with Crippen LogP contribution in [0.15, 0.2) is 71.7 Å². The second kappa shape index (κ2) is 15.7. The molecule has 1 N–H and O–H groups in total. The summed E-state index contributed by atoms with van der Waals surface area (Å²) >= 11 is 0. The van der Waals surface area contributed by atoms with Gasteiger partial charge in [0.05, 0.1) is 19.6 Å². The Morgan fingerprint density at radius 1 is 1.02 bits per heavy atom. The molecule has 3 heterocycles. The van der Waals surface area contributed by atoms with Crippen molar-refractivity contribution in [3.05, 3.63) is 89.1 Å². The molecule has 1 saturated heterocycles. The highest BCUT2D eigenvalue weighted by Crippen LogP contribution is 2.35. The molecule has 0 radical (unpaired) electrons. The molecule has 3 atom stereocenters. The molecule has 5 amide bonds. The number of aryl methyl sites for hydroxylation is 1. The highest BCUT2D eigenvalue weighted by Gasteiger charge is 2.54. The SMILES string of the molecule is CC[C@@H](CC(=O)N1C(=O)[C@H](Cc2cc(C)nc(N(Cc3ccc(OC)cc3)C(=O)OC(C)(C)C)c2)[C@H]1C(=O)NC1=NCC(=O)N1C)c1ccccc1. The zero-order valence-electron chi connectivity index (χ0n) is 30.7. The number of hydrogen-bond acceptors (Lipinski definition) is 9. The number of anilines is 1. The van der Waals surface area contributed by atoms with Gasteiger partial charge in [-0.3, -0.25) is 39.2 Å². The molecule has 2 aromatic carbocycles. The van der Waals surface area contributed by atoms with E-state index in [1.807, 2.05) is 49.4 Å². The van der Waals surface area contributed by atoms with E-state index in [9.17, 15) is 24.0 Å². The molecule has 0 saturated carbocycles. The molecule has 0 unspecified atom stereocenters. The van der Waals surface area contributed by atoms with E-state index in [2.05, 4.69) is 15.3 Å². The number of nitrogens with one attached hydrogen (secondary N) is 1. The lowest BCUT2D eigenvalue weighted by molar-refractivity contribution is -0.171. The first-order valence-corrected chi connectivity index (χ1v) is 17.3. The van der Waals surface area contributed by atoms with Crippen LogP contribution >= 0.6 is 0 Å². The van der Waals surface area contributed by atoms with E-state index in [1.54, 1.807) is 59.1 Å². The molecular weight excluding hydrogens is 664 g/mol. The van der Waals surface area contributed by atoms with Crippen molar-refractivity contribution in [1.29, 1.82) is 0 Å². The number of hydrogen-bond donors (Lipinski definition) is 1. The van der Waals surface area contributed by atoms with Crippen molar-refractivity contribution in [2.45, 2.75) is 78.0 Å². The first-order valence-electron chi connectivity index (χ1n) is 17.3. The molecule has 274 valence electrons. The van der Waals surface area contributed by atoms with Gasteiger partial charge < -0.3 is 9.47 Å². The molecular formula is C39H46N6O7. The maximum absolute atomic E-state index is 13.9. The largest absolute Gasteiger partial charge is 0.497 e. The molecule has 1 fully saturated rings. The van der Waals surface area contributed by atoms with Crippen LogP contribution in [0.4, 0.5) is 10.6 Å². The van der Waals surface area contributed by atoms with Crippen molar-refractivity contribution in [1.82, 2.24) is 20.1 Å². The van der Waals surface area contributed by atoms with Crippen molar-refractivity contribution in [3.8, 4) is 5.75 Å². The van der Waals surface area contributed by atoms with Gasteiger partial charge in [-0.05, 0) is 87.4 Å². The number of β-lactam (4-membered cyclic amide) rings is 1. The third-order valence-electron chi connectivity index (χ3n) is 9.07. The number of aliphatic imine (C=N–C) groups is 1. The lowest BCUT2D eigenvalue weighted by Gasteiger charge is -2.45. The Balaban J connectivity index is 1.44. The van der Waals surface area contributed by atoms with Gasteiger partial charge in [0.1, 0.15) is 29.8 Å². The average molecular weight is 711 g/mol. The van der Waals surface area contributed by atoms with Gasteiger partial charge in [-0.15, -0.1) is 0 Å². The summed E-state index contributed by atoms with van der Waals surface area (Å²) < 4.78 is 11.0. The monoisotopic (exact) mass is 710 g/mol. The minimum Gasteiger partial charge on any atom is -0.497 e. The van der Waals surface area contributed by atoms with Crippen molar-refractivity contribution >= 4 is 41.5 Å². The Bertz CT molecular complexity index is 1850. The van der Waals surface area contributed by atoms with Crippen LogP contribution in [0.3, 0.4) is 0 Å². The van der Waals surface area contributed by atoms with Crippen molar-refractivity contribution < 1.29 is 33.4 Å². The first kappa shape index (κ1) is 37.7. The Kier molecular flexibility index (Phi) is 11.4. The molecule has 13 nitrogen and oxygen atoms in total. The summed E-state index contributed by atoms with van der Waals surface area (Å²) in [6.07, 6.45) is 0.169. The normalized spacial score (nSPS) is 17.6. The number of aromatic nitrogens is 1. The number of ether oxygens (including phenoxy) is 2. The van der Waals surface area contributed by atoms with Gasteiger partial charge in [-0.25, -0.2) is 14.8 Å². The van der Waals surface area contributed by atoms with Crippen molar-refractivity contribution in [3.63, 3.8) is 0 Å². The number of guanidine groups is 1. The molecule has 2 aliphatic heterocycles. The number of rotatable bonds is 11. The smallest absolute Gasteiger partial charge is 0.416 e. The zero-order valence-corrected chi connectivity index (χ0v) is 30.7. The second-order valence-electron chi connectivity index (χ2n) is 14.0. The zero-order chi connectivity index (χ0) is 37.7. The number of carbonyl (C=O) groups is 5. The highest BCUT2D eigenvalue weighted by molar-refractivity contribution is 6.15. The lowest BCUT2D eigenvalue weighted by Crippen LogP contribution is -2.69. The van der Waals surface area contributed by atoms with Gasteiger partial charge in [0.2, 0.25) is 17.8 Å². The minimum atomic E-state index is -1.15. The standard InChI is InChI=1S/C39H46N6O7/c1-8-27(28-12-10-9-11-13-28)21-32(46)45-34(35(48)42-37-40-22-33(47)43(37)6)30(36(45)49)19-26-18-24(2)41-31(20-26)44(38(50)52-39(3,4)5)23-25-14-16-29(51-7)17-15-25/h9-18,20,27,30,34H,8,19,21-23H2,1-7H3,(H,40,42,48)/t27-,30+,34-/m0/s1. The van der Waals surface area contributed by atoms with E-state index in [0.717, 1.165) is 16.0 Å². The summed E-state index contributed by atoms with van der Waals surface area (Å²) in [4.78, 5) is 79.7. The predicted octanol–water partition coefficient (Wildman–Crippen LogP) is 4.76. The summed E-state index contributed by atoms with van der Waals surface area (Å²) in [5.41, 5.74) is 2.20. The van der Waals surface area contributed by atoms with Crippen LogP contribution in [0.2, 0.25) is 0 Å². The van der Waals surface area contributed by atoms with Crippen LogP contribution in [0.5, 0.6) is 5.75 Å². The maximum Gasteiger partial charge on any atom is 0.416 e. The van der Waals surface area contributed by atoms with Crippen LogP contribution in [-0.4, -0.2) is 82.8 Å². The van der Waals surface area contributed by atoms with Gasteiger partial charge in [0.25, 0.3) is 11.8 Å². The Hall–Kier alpha value is -5.59. The number of imide groups is 1. The molecule has 0 spiro atoms. The number of methoxy groups -OCH3 is 1. The fraction of sp³-hybridized carbons (Fsp3) is 0.410. The first-order chi connectivity index (χ1) is 24.7. The number of benzene rings is 2. The van der Waals surface area contributed by atoms with Crippen LogP contribution in [0.25, 0.3) is 0 Å². The van der Waals surface area contributed by atoms with E-state index in [4.69, 9.17) is 9.47 Å². The Labute approximate surface area is 304 Å². The predicted molar refractivity (Wildman–Crippen MR) is 195 cm³/mol. The van der Waals surface area contributed by atoms with Gasteiger partial charge in [0, 0.05) is 19.2 Å². The van der Waals surface area contributed by atoms with E-state index in [1.165, 1.54) is 16.8 Å². The number of likely N-dealkylation sites (tertiary alicyclic amines) is 1. The van der Waals surface area contributed by atoms with Crippen LogP contribution in [0, 0.1) is 12.8 Å². The summed E-state index contributed by atoms with van der Waals surface area (Å²) in [6.45, 7) is 9.10. The molecule has 13 heteroatoms. The minimum absolute atomic E-state index is 0.0385. The second-order valence-corrected chi connectivity index (χ2v) is 14.0. The van der Waals surface area contributed by atoms with E-state index >= 15 is 0 Å². The topological polar surface area (TPSA) is 151 Å². The third kappa shape index (κ3) is 8.64. The molecule has 3 aromatic rings. The van der Waals surface area contributed by atoms with Crippen LogP contribution in [-0.2, 0) is 36.9 Å². The van der Waals surface area contributed by atoms with E-state index in [-0.39, 0.29) is 43.7 Å². The number of pyridine rings is 1. The highest BCUT2D eigenvalue weighted by atomic mass is 16.6. The van der Waals surface area contributed by atoms with Gasteiger partial charge in [-0.1, -0.05) is 49.4 Å². The molecule has 52 heavy (non-hydrogen) atoms. The van der Waals surface area contributed by atoms with Gasteiger partial charge in [0.15, 0.2) is 0 Å². The number of nitrogens with zero attached hydrogens (tertiary/aromatic N) is 5. The van der Waals surface area contributed by atoms with E-state index < -0.39 is 41.4 Å².